The zero-order chi connectivity index (χ0) is 12.0. The summed E-state index contributed by atoms with van der Waals surface area (Å²) in [6, 6.07) is 5.53. The van der Waals surface area contributed by atoms with Crippen molar-refractivity contribution in [2.45, 2.75) is 19.9 Å². The maximum absolute atomic E-state index is 9.74. The molecule has 1 aromatic carbocycles. The summed E-state index contributed by atoms with van der Waals surface area (Å²) in [4.78, 5) is 5.19. The Kier molecular flexibility index (Phi) is 5.25. The van der Waals surface area contributed by atoms with Crippen LogP contribution in [0.3, 0.4) is 0 Å². The molecule has 1 unspecified atom stereocenters. The molecule has 0 fully saturated rings. The first-order valence-corrected chi connectivity index (χ1v) is 5.31. The fourth-order valence-corrected chi connectivity index (χ4v) is 1.39. The van der Waals surface area contributed by atoms with Gasteiger partial charge in [0, 0.05) is 12.7 Å². The van der Waals surface area contributed by atoms with E-state index in [4.69, 9.17) is 9.57 Å². The van der Waals surface area contributed by atoms with E-state index in [-0.39, 0.29) is 11.8 Å². The van der Waals surface area contributed by atoms with E-state index in [0.29, 0.717) is 13.2 Å². The van der Waals surface area contributed by atoms with Gasteiger partial charge in [0.15, 0.2) is 0 Å². The number of ether oxygens (including phenoxy) is 1. The minimum absolute atomic E-state index is 0.0579. The van der Waals surface area contributed by atoms with Crippen LogP contribution in [0, 0.1) is 6.92 Å². The van der Waals surface area contributed by atoms with E-state index in [9.17, 15) is 5.11 Å². The predicted octanol–water partition coefficient (Wildman–Crippen LogP) is 1.93. The molecule has 0 aromatic heterocycles. The van der Waals surface area contributed by atoms with Crippen molar-refractivity contribution < 1.29 is 14.7 Å². The van der Waals surface area contributed by atoms with Crippen molar-refractivity contribution in [3.05, 3.63) is 29.3 Å². The molecule has 90 valence electrons. The van der Waals surface area contributed by atoms with E-state index in [1.807, 2.05) is 26.0 Å². The first-order valence-electron chi connectivity index (χ1n) is 5.31. The molecular weight excluding hydrogens is 206 g/mol. The smallest absolute Gasteiger partial charge is 0.120 e. The first-order chi connectivity index (χ1) is 7.65. The summed E-state index contributed by atoms with van der Waals surface area (Å²) in [6.45, 7) is 4.89. The van der Waals surface area contributed by atoms with Crippen LogP contribution >= 0.6 is 0 Å². The maximum Gasteiger partial charge on any atom is 0.120 e. The summed E-state index contributed by atoms with van der Waals surface area (Å²) in [6.07, 6.45) is 0. The molecule has 4 nitrogen and oxygen atoms in total. The summed E-state index contributed by atoms with van der Waals surface area (Å²) in [7, 11) is 1.62. The first kappa shape index (κ1) is 13.0. The second-order valence-corrected chi connectivity index (χ2v) is 3.74. The highest BCUT2D eigenvalue weighted by Crippen LogP contribution is 2.24. The van der Waals surface area contributed by atoms with Gasteiger partial charge in [-0.2, -0.15) is 5.48 Å². The lowest BCUT2D eigenvalue weighted by atomic mass is 10.1. The Morgan fingerprint density at radius 3 is 2.75 bits per heavy atom. The number of aryl methyl sites for hydroxylation is 1. The second-order valence-electron chi connectivity index (χ2n) is 3.74. The summed E-state index contributed by atoms with van der Waals surface area (Å²) in [5, 5.41) is 9.74. The lowest BCUT2D eigenvalue weighted by Gasteiger charge is -2.15. The van der Waals surface area contributed by atoms with Crippen molar-refractivity contribution in [1.82, 2.24) is 5.48 Å². The molecule has 0 radical (unpaired) electrons. The fourth-order valence-electron chi connectivity index (χ4n) is 1.39. The predicted molar refractivity (Wildman–Crippen MR) is 62.2 cm³/mol. The lowest BCUT2D eigenvalue weighted by Crippen LogP contribution is -2.21. The number of nitrogens with one attached hydrogen (secondary N) is 1. The van der Waals surface area contributed by atoms with Crippen LogP contribution in [0.2, 0.25) is 0 Å². The Balaban J connectivity index is 2.49. The number of aromatic hydroxyl groups is 1. The molecule has 0 amide bonds. The third-order valence-corrected chi connectivity index (χ3v) is 2.30. The van der Waals surface area contributed by atoms with E-state index in [1.54, 1.807) is 13.2 Å². The molecule has 1 rings (SSSR count). The largest absolute Gasteiger partial charge is 0.508 e. The van der Waals surface area contributed by atoms with Gasteiger partial charge >= 0.3 is 0 Å². The van der Waals surface area contributed by atoms with Crippen molar-refractivity contribution in [2.24, 2.45) is 0 Å². The third-order valence-electron chi connectivity index (χ3n) is 2.30. The molecule has 1 atom stereocenters. The van der Waals surface area contributed by atoms with Crippen LogP contribution in [0.5, 0.6) is 5.75 Å². The summed E-state index contributed by atoms with van der Waals surface area (Å²) < 4.78 is 4.85. The van der Waals surface area contributed by atoms with Gasteiger partial charge in [0.05, 0.1) is 19.3 Å². The number of phenols is 1. The van der Waals surface area contributed by atoms with Crippen molar-refractivity contribution in [1.29, 1.82) is 0 Å². The van der Waals surface area contributed by atoms with Gasteiger partial charge in [-0.1, -0.05) is 12.1 Å². The Morgan fingerprint density at radius 2 is 2.12 bits per heavy atom. The normalized spacial score (nSPS) is 12.7. The van der Waals surface area contributed by atoms with Crippen molar-refractivity contribution >= 4 is 0 Å². The van der Waals surface area contributed by atoms with Crippen molar-refractivity contribution in [3.8, 4) is 5.75 Å². The molecule has 0 aliphatic carbocycles. The molecule has 0 bridgehead atoms. The average Bonchev–Trinajstić information content (AvgIpc) is 2.24. The number of hydrogen-bond donors (Lipinski definition) is 2. The van der Waals surface area contributed by atoms with Gasteiger partial charge in [-0.25, -0.2) is 0 Å². The highest BCUT2D eigenvalue weighted by Gasteiger charge is 2.09. The van der Waals surface area contributed by atoms with Gasteiger partial charge in [-0.05, 0) is 25.5 Å². The van der Waals surface area contributed by atoms with Crippen LogP contribution in [-0.4, -0.2) is 25.4 Å². The summed E-state index contributed by atoms with van der Waals surface area (Å²) in [5.41, 5.74) is 4.71. The summed E-state index contributed by atoms with van der Waals surface area (Å²) >= 11 is 0. The van der Waals surface area contributed by atoms with Crippen LogP contribution in [-0.2, 0) is 9.57 Å². The molecule has 4 heteroatoms. The molecule has 16 heavy (non-hydrogen) atoms. The molecule has 0 saturated carbocycles. The lowest BCUT2D eigenvalue weighted by molar-refractivity contribution is -0.00957. The van der Waals surface area contributed by atoms with Gasteiger partial charge in [-0.3, -0.25) is 4.84 Å². The average molecular weight is 225 g/mol. The Labute approximate surface area is 96.1 Å². The number of rotatable bonds is 6. The van der Waals surface area contributed by atoms with Gasteiger partial charge < -0.3 is 9.84 Å². The molecule has 0 spiro atoms. The second kappa shape index (κ2) is 6.48. The number of methoxy groups -OCH3 is 1. The van der Waals surface area contributed by atoms with Crippen molar-refractivity contribution in [3.63, 3.8) is 0 Å². The quantitative estimate of drug-likeness (QED) is 0.573. The molecule has 0 aliphatic heterocycles. The van der Waals surface area contributed by atoms with Gasteiger partial charge in [0.25, 0.3) is 0 Å². The highest BCUT2D eigenvalue weighted by molar-refractivity contribution is 5.37. The van der Waals surface area contributed by atoms with Gasteiger partial charge in [0.2, 0.25) is 0 Å². The molecule has 0 aliphatic rings. The minimum atomic E-state index is -0.0579. The Hall–Kier alpha value is -1.10. The monoisotopic (exact) mass is 225 g/mol. The number of hydrogen-bond acceptors (Lipinski definition) is 4. The number of benzene rings is 1. The minimum Gasteiger partial charge on any atom is -0.508 e. The van der Waals surface area contributed by atoms with Crippen LogP contribution in [0.1, 0.15) is 24.1 Å². The molecule has 2 N–H and O–H groups in total. The Morgan fingerprint density at radius 1 is 1.38 bits per heavy atom. The molecule has 1 aromatic rings. The van der Waals surface area contributed by atoms with Crippen LogP contribution in [0.4, 0.5) is 0 Å². The van der Waals surface area contributed by atoms with Crippen LogP contribution in [0.25, 0.3) is 0 Å². The fraction of sp³-hybridized carbons (Fsp3) is 0.500. The van der Waals surface area contributed by atoms with E-state index in [0.717, 1.165) is 11.1 Å². The van der Waals surface area contributed by atoms with Crippen LogP contribution in [0.15, 0.2) is 18.2 Å². The van der Waals surface area contributed by atoms with E-state index in [2.05, 4.69) is 5.48 Å². The number of hydroxylamine groups is 1. The molecule has 0 saturated heterocycles. The maximum atomic E-state index is 9.74. The highest BCUT2D eigenvalue weighted by atomic mass is 16.7. The van der Waals surface area contributed by atoms with Crippen LogP contribution < -0.4 is 5.48 Å². The molecular formula is C12H19NO3. The molecule has 0 heterocycles. The van der Waals surface area contributed by atoms with Gasteiger partial charge in [-0.15, -0.1) is 0 Å². The van der Waals surface area contributed by atoms with E-state index in [1.165, 1.54) is 0 Å². The Bertz CT molecular complexity index is 328. The van der Waals surface area contributed by atoms with Crippen molar-refractivity contribution in [2.75, 3.05) is 20.3 Å². The zero-order valence-electron chi connectivity index (χ0n) is 9.99. The number of phenolic OH excluding ortho intramolecular Hbond substituents is 1. The topological polar surface area (TPSA) is 50.7 Å². The standard InChI is InChI=1S/C12H19NO3/c1-9-4-5-11(12(14)8-9)10(2)13-16-7-6-15-3/h4-5,8,10,13-14H,6-7H2,1-3H3. The summed E-state index contributed by atoms with van der Waals surface area (Å²) in [5.74, 6) is 0.287. The van der Waals surface area contributed by atoms with E-state index >= 15 is 0 Å². The zero-order valence-corrected chi connectivity index (χ0v) is 9.99. The van der Waals surface area contributed by atoms with Gasteiger partial charge in [0.1, 0.15) is 5.75 Å². The third kappa shape index (κ3) is 3.81. The SMILES string of the molecule is COCCONC(C)c1ccc(C)cc1O. The van der Waals surface area contributed by atoms with E-state index < -0.39 is 0 Å².